The van der Waals surface area contributed by atoms with E-state index < -0.39 is 0 Å². The average Bonchev–Trinajstić information content (AvgIpc) is 3.35. The van der Waals surface area contributed by atoms with Crippen LogP contribution in [0.5, 0.6) is 0 Å². The Hall–Kier alpha value is -2.02. The van der Waals surface area contributed by atoms with Gasteiger partial charge in [-0.2, -0.15) is 0 Å². The van der Waals surface area contributed by atoms with Crippen LogP contribution < -0.4 is 5.32 Å². The molecule has 0 spiro atoms. The van der Waals surface area contributed by atoms with Crippen LogP contribution in [0, 0.1) is 0 Å². The van der Waals surface area contributed by atoms with E-state index in [1.54, 1.807) is 11.3 Å². The zero-order valence-electron chi connectivity index (χ0n) is 15.1. The van der Waals surface area contributed by atoms with E-state index in [0.717, 1.165) is 40.8 Å². The summed E-state index contributed by atoms with van der Waals surface area (Å²) in [6.07, 6.45) is 0. The van der Waals surface area contributed by atoms with Gasteiger partial charge in [0.2, 0.25) is 0 Å². The van der Waals surface area contributed by atoms with Gasteiger partial charge < -0.3 is 10.2 Å². The lowest BCUT2D eigenvalue weighted by Gasteiger charge is -2.17. The number of thiazole rings is 1. The highest BCUT2D eigenvalue weighted by Crippen LogP contribution is 2.35. The van der Waals surface area contributed by atoms with Gasteiger partial charge in [-0.1, -0.05) is 50.2 Å². The summed E-state index contributed by atoms with van der Waals surface area (Å²) in [5.74, 6) is -0.0451. The molecule has 0 radical (unpaired) electrons. The Morgan fingerprint density at radius 1 is 1.12 bits per heavy atom. The van der Waals surface area contributed by atoms with Crippen molar-refractivity contribution in [3.8, 4) is 21.1 Å². The fourth-order valence-electron chi connectivity index (χ4n) is 2.72. The molecule has 136 valence electrons. The van der Waals surface area contributed by atoms with Crippen LogP contribution in [0.2, 0.25) is 0 Å². The normalized spacial score (nSPS) is 11.0. The van der Waals surface area contributed by atoms with E-state index >= 15 is 0 Å². The molecule has 1 aromatic carbocycles. The first-order valence-electron chi connectivity index (χ1n) is 8.83. The van der Waals surface area contributed by atoms with Crippen molar-refractivity contribution in [2.75, 3.05) is 26.2 Å². The molecule has 2 aromatic heterocycles. The molecule has 0 fully saturated rings. The van der Waals surface area contributed by atoms with Gasteiger partial charge in [0.25, 0.3) is 5.91 Å². The van der Waals surface area contributed by atoms with Crippen LogP contribution in [-0.4, -0.2) is 42.0 Å². The fourth-order valence-corrected chi connectivity index (χ4v) is 4.52. The summed E-state index contributed by atoms with van der Waals surface area (Å²) < 4.78 is 0. The largest absolute Gasteiger partial charge is 0.350 e. The smallest absolute Gasteiger partial charge is 0.263 e. The Balaban J connectivity index is 1.84. The number of rotatable bonds is 8. The first-order valence-corrected chi connectivity index (χ1v) is 10.5. The number of hydrogen-bond acceptors (Lipinski definition) is 5. The second-order valence-corrected chi connectivity index (χ2v) is 7.77. The van der Waals surface area contributed by atoms with Gasteiger partial charge in [-0.25, -0.2) is 4.98 Å². The molecule has 0 bridgehead atoms. The highest BCUT2D eigenvalue weighted by molar-refractivity contribution is 7.22. The second kappa shape index (κ2) is 9.07. The van der Waals surface area contributed by atoms with Gasteiger partial charge in [0.1, 0.15) is 9.88 Å². The molecule has 0 aliphatic rings. The lowest BCUT2D eigenvalue weighted by atomic mass is 10.1. The Bertz CT molecular complexity index is 824. The molecule has 0 aliphatic heterocycles. The van der Waals surface area contributed by atoms with E-state index in [2.05, 4.69) is 24.1 Å². The van der Waals surface area contributed by atoms with Gasteiger partial charge in [0.05, 0.1) is 10.6 Å². The van der Waals surface area contributed by atoms with Crippen molar-refractivity contribution in [3.63, 3.8) is 0 Å². The lowest BCUT2D eigenvalue weighted by molar-refractivity contribution is 0.0953. The topological polar surface area (TPSA) is 45.2 Å². The zero-order valence-corrected chi connectivity index (χ0v) is 16.7. The first kappa shape index (κ1) is 18.8. The summed E-state index contributed by atoms with van der Waals surface area (Å²) in [5.41, 5.74) is 1.74. The van der Waals surface area contributed by atoms with Gasteiger partial charge in [-0.15, -0.1) is 22.7 Å². The van der Waals surface area contributed by atoms with E-state index in [4.69, 9.17) is 4.98 Å². The highest BCUT2D eigenvalue weighted by Gasteiger charge is 2.20. The van der Waals surface area contributed by atoms with Crippen LogP contribution in [-0.2, 0) is 0 Å². The number of nitrogens with zero attached hydrogens (tertiary/aromatic N) is 2. The first-order chi connectivity index (χ1) is 12.7. The molecule has 4 nitrogen and oxygen atoms in total. The third-order valence-corrected chi connectivity index (χ3v) is 6.31. The van der Waals surface area contributed by atoms with Crippen molar-refractivity contribution in [1.29, 1.82) is 0 Å². The van der Waals surface area contributed by atoms with E-state index in [1.807, 2.05) is 47.8 Å². The number of aromatic nitrogens is 1. The maximum absolute atomic E-state index is 12.8. The molecule has 26 heavy (non-hydrogen) atoms. The summed E-state index contributed by atoms with van der Waals surface area (Å²) in [6.45, 7) is 7.75. The molecular weight excluding hydrogens is 362 g/mol. The zero-order chi connectivity index (χ0) is 18.4. The maximum Gasteiger partial charge on any atom is 0.263 e. The average molecular weight is 386 g/mol. The molecule has 6 heteroatoms. The van der Waals surface area contributed by atoms with Crippen molar-refractivity contribution in [3.05, 3.63) is 52.7 Å². The highest BCUT2D eigenvalue weighted by atomic mass is 32.1. The van der Waals surface area contributed by atoms with Gasteiger partial charge in [-0.3, -0.25) is 4.79 Å². The minimum absolute atomic E-state index is 0.0451. The van der Waals surface area contributed by atoms with Crippen LogP contribution in [0.3, 0.4) is 0 Å². The predicted octanol–water partition coefficient (Wildman–Crippen LogP) is 4.61. The van der Waals surface area contributed by atoms with Gasteiger partial charge in [0, 0.05) is 18.7 Å². The van der Waals surface area contributed by atoms with Crippen LogP contribution in [0.1, 0.15) is 23.5 Å². The van der Waals surface area contributed by atoms with Crippen molar-refractivity contribution < 1.29 is 4.79 Å². The fraction of sp³-hybridized carbons (Fsp3) is 0.300. The minimum atomic E-state index is -0.0451. The lowest BCUT2D eigenvalue weighted by Crippen LogP contribution is -2.34. The number of amides is 1. The molecular formula is C20H23N3OS2. The molecule has 3 rings (SSSR count). The summed E-state index contributed by atoms with van der Waals surface area (Å²) >= 11 is 3.11. The number of benzene rings is 1. The van der Waals surface area contributed by atoms with Crippen molar-refractivity contribution in [2.45, 2.75) is 13.8 Å². The summed E-state index contributed by atoms with van der Waals surface area (Å²) in [4.78, 5) is 21.7. The minimum Gasteiger partial charge on any atom is -0.350 e. The molecule has 1 N–H and O–H groups in total. The van der Waals surface area contributed by atoms with E-state index in [0.29, 0.717) is 11.4 Å². The molecule has 2 heterocycles. The van der Waals surface area contributed by atoms with Crippen LogP contribution in [0.4, 0.5) is 0 Å². The third kappa shape index (κ3) is 4.38. The Labute approximate surface area is 162 Å². The second-order valence-electron chi connectivity index (χ2n) is 5.82. The monoisotopic (exact) mass is 385 g/mol. The van der Waals surface area contributed by atoms with Crippen LogP contribution in [0.25, 0.3) is 21.1 Å². The summed E-state index contributed by atoms with van der Waals surface area (Å²) in [5, 5.41) is 5.99. The Morgan fingerprint density at radius 2 is 1.88 bits per heavy atom. The van der Waals surface area contributed by atoms with Crippen LogP contribution in [0.15, 0.2) is 47.8 Å². The molecule has 3 aromatic rings. The van der Waals surface area contributed by atoms with Crippen LogP contribution >= 0.6 is 22.7 Å². The van der Waals surface area contributed by atoms with Gasteiger partial charge >= 0.3 is 0 Å². The van der Waals surface area contributed by atoms with Crippen molar-refractivity contribution in [1.82, 2.24) is 15.2 Å². The number of likely N-dealkylation sites (N-methyl/N-ethyl adjacent to an activating group) is 1. The van der Waals surface area contributed by atoms with Crippen molar-refractivity contribution >= 4 is 28.6 Å². The SMILES string of the molecule is CCN(CC)CCNC(=O)c1sc(-c2cccs2)nc1-c1ccccc1. The molecule has 0 unspecified atom stereocenters. The number of carbonyl (C=O) groups is 1. The van der Waals surface area contributed by atoms with Gasteiger partial charge in [0.15, 0.2) is 0 Å². The number of hydrogen-bond donors (Lipinski definition) is 1. The molecule has 1 amide bonds. The molecule has 0 atom stereocenters. The van der Waals surface area contributed by atoms with E-state index in [1.165, 1.54) is 11.3 Å². The Kier molecular flexibility index (Phi) is 6.55. The van der Waals surface area contributed by atoms with E-state index in [-0.39, 0.29) is 5.91 Å². The summed E-state index contributed by atoms with van der Waals surface area (Å²) in [6, 6.07) is 14.0. The number of carbonyl (C=O) groups excluding carboxylic acids is 1. The molecule has 0 aliphatic carbocycles. The van der Waals surface area contributed by atoms with Gasteiger partial charge in [-0.05, 0) is 24.5 Å². The number of nitrogens with one attached hydrogen (secondary N) is 1. The molecule has 0 saturated carbocycles. The third-order valence-electron chi connectivity index (χ3n) is 4.22. The standard InChI is InChI=1S/C20H23N3OS2/c1-3-23(4-2)13-12-21-19(24)18-17(15-9-6-5-7-10-15)22-20(26-18)16-11-8-14-25-16/h5-11,14H,3-4,12-13H2,1-2H3,(H,21,24). The molecule has 0 saturated heterocycles. The predicted molar refractivity (Wildman–Crippen MR) is 111 cm³/mol. The summed E-state index contributed by atoms with van der Waals surface area (Å²) in [7, 11) is 0. The van der Waals surface area contributed by atoms with E-state index in [9.17, 15) is 4.79 Å². The Morgan fingerprint density at radius 3 is 2.54 bits per heavy atom. The quantitative estimate of drug-likeness (QED) is 0.616. The van der Waals surface area contributed by atoms with Crippen molar-refractivity contribution in [2.24, 2.45) is 0 Å². The maximum atomic E-state index is 12.8. The number of thiophene rings is 1.